The maximum atomic E-state index is 6.22. The Bertz CT molecular complexity index is 488. The summed E-state index contributed by atoms with van der Waals surface area (Å²) >= 11 is 0. The van der Waals surface area contributed by atoms with E-state index in [0.29, 0.717) is 6.04 Å². The van der Waals surface area contributed by atoms with Crippen molar-refractivity contribution in [3.8, 4) is 0 Å². The number of hydrogen-bond donors (Lipinski definition) is 1. The first-order chi connectivity index (χ1) is 9.29. The summed E-state index contributed by atoms with van der Waals surface area (Å²) in [5, 5.41) is 0. The van der Waals surface area contributed by atoms with Crippen LogP contribution in [0.1, 0.15) is 36.0 Å². The first-order valence-electron chi connectivity index (χ1n) is 7.88. The topological polar surface area (TPSA) is 29.3 Å². The molecule has 0 spiro atoms. The van der Waals surface area contributed by atoms with E-state index in [1.165, 1.54) is 50.8 Å². The molecule has 2 N–H and O–H groups in total. The Morgan fingerprint density at radius 1 is 1.10 bits per heavy atom. The number of halogens is 1. The molecule has 1 saturated carbocycles. The molecule has 4 rings (SSSR count). The molecule has 3 unspecified atom stereocenters. The quantitative estimate of drug-likeness (QED) is 0.908. The van der Waals surface area contributed by atoms with Crippen LogP contribution < -0.4 is 5.73 Å². The lowest BCUT2D eigenvalue weighted by Gasteiger charge is -2.18. The fraction of sp³-hybridized carbons (Fsp3) is 0.647. The normalized spacial score (nSPS) is 31.9. The van der Waals surface area contributed by atoms with Crippen molar-refractivity contribution in [2.75, 3.05) is 13.1 Å². The first-order valence-corrected chi connectivity index (χ1v) is 7.88. The summed E-state index contributed by atoms with van der Waals surface area (Å²) in [6.45, 7) is 3.63. The van der Waals surface area contributed by atoms with E-state index in [0.717, 1.165) is 18.4 Å². The monoisotopic (exact) mass is 292 g/mol. The third-order valence-corrected chi connectivity index (χ3v) is 5.56. The summed E-state index contributed by atoms with van der Waals surface area (Å²) < 4.78 is 0. The highest BCUT2D eigenvalue weighted by Crippen LogP contribution is 2.37. The molecule has 3 atom stereocenters. The van der Waals surface area contributed by atoms with Gasteiger partial charge in [0.2, 0.25) is 0 Å². The molecule has 3 heteroatoms. The van der Waals surface area contributed by atoms with Gasteiger partial charge in [0.05, 0.1) is 0 Å². The van der Waals surface area contributed by atoms with Crippen molar-refractivity contribution in [2.45, 2.75) is 44.7 Å². The smallest absolute Gasteiger partial charge is 0.0234 e. The molecule has 110 valence electrons. The van der Waals surface area contributed by atoms with Gasteiger partial charge in [0.15, 0.2) is 0 Å². The third kappa shape index (κ3) is 2.49. The van der Waals surface area contributed by atoms with Crippen LogP contribution in [-0.4, -0.2) is 24.0 Å². The van der Waals surface area contributed by atoms with Crippen molar-refractivity contribution >= 4 is 12.4 Å². The second-order valence-corrected chi connectivity index (χ2v) is 6.82. The van der Waals surface area contributed by atoms with E-state index in [4.69, 9.17) is 5.73 Å². The van der Waals surface area contributed by atoms with Gasteiger partial charge in [0.25, 0.3) is 0 Å². The average molecular weight is 293 g/mol. The molecular formula is C17H25ClN2. The predicted molar refractivity (Wildman–Crippen MR) is 85.2 cm³/mol. The molecule has 1 heterocycles. The lowest BCUT2D eigenvalue weighted by molar-refractivity contribution is 0.298. The summed E-state index contributed by atoms with van der Waals surface area (Å²) in [6, 6.07) is 7.63. The van der Waals surface area contributed by atoms with Gasteiger partial charge in [-0.1, -0.05) is 18.2 Å². The maximum absolute atomic E-state index is 6.22. The summed E-state index contributed by atoms with van der Waals surface area (Å²) in [5.74, 6) is 1.65. The fourth-order valence-corrected chi connectivity index (χ4v) is 4.51. The number of hydrogen-bond acceptors (Lipinski definition) is 2. The minimum atomic E-state index is 0. The summed E-state index contributed by atoms with van der Waals surface area (Å²) in [7, 11) is 0. The van der Waals surface area contributed by atoms with Crippen molar-refractivity contribution in [3.05, 3.63) is 34.9 Å². The molecule has 0 aromatic heterocycles. The molecule has 20 heavy (non-hydrogen) atoms. The summed E-state index contributed by atoms with van der Waals surface area (Å²) in [4.78, 5) is 2.63. The highest BCUT2D eigenvalue weighted by Gasteiger charge is 2.40. The van der Waals surface area contributed by atoms with Gasteiger partial charge in [-0.25, -0.2) is 0 Å². The number of likely N-dealkylation sites (tertiary alicyclic amines) is 1. The number of nitrogens with zero attached hydrogens (tertiary/aromatic N) is 1. The Balaban J connectivity index is 0.00000121. The number of aryl methyl sites for hydroxylation is 2. The standard InChI is InChI=1S/C17H24N2.ClH/c18-17-7-6-15-10-19(11-16(15)17)9-12-4-5-13-2-1-3-14(13)8-12;/h4-5,8,15-17H,1-3,6-7,9-11,18H2;1H. The molecule has 0 bridgehead atoms. The van der Waals surface area contributed by atoms with Crippen LogP contribution in [0.5, 0.6) is 0 Å². The summed E-state index contributed by atoms with van der Waals surface area (Å²) in [5.41, 5.74) is 10.9. The SMILES string of the molecule is Cl.NC1CCC2CN(Cc3ccc4c(c3)CCC4)CC12. The molecule has 2 nitrogen and oxygen atoms in total. The van der Waals surface area contributed by atoms with Crippen molar-refractivity contribution in [1.82, 2.24) is 4.90 Å². The van der Waals surface area contributed by atoms with Crippen LogP contribution in [-0.2, 0) is 19.4 Å². The van der Waals surface area contributed by atoms with Crippen LogP contribution in [0, 0.1) is 11.8 Å². The molecule has 0 radical (unpaired) electrons. The van der Waals surface area contributed by atoms with Crippen LogP contribution in [0.4, 0.5) is 0 Å². The minimum Gasteiger partial charge on any atom is -0.327 e. The Labute approximate surface area is 128 Å². The van der Waals surface area contributed by atoms with Crippen LogP contribution >= 0.6 is 12.4 Å². The van der Waals surface area contributed by atoms with E-state index in [2.05, 4.69) is 23.1 Å². The highest BCUT2D eigenvalue weighted by molar-refractivity contribution is 5.85. The molecule has 1 aromatic carbocycles. The van der Waals surface area contributed by atoms with E-state index < -0.39 is 0 Å². The summed E-state index contributed by atoms with van der Waals surface area (Å²) in [6.07, 6.45) is 6.54. The number of nitrogens with two attached hydrogens (primary N) is 1. The van der Waals surface area contributed by atoms with E-state index in [9.17, 15) is 0 Å². The zero-order valence-electron chi connectivity index (χ0n) is 12.1. The lowest BCUT2D eigenvalue weighted by atomic mass is 9.98. The van der Waals surface area contributed by atoms with Crippen molar-refractivity contribution in [3.63, 3.8) is 0 Å². The zero-order valence-corrected chi connectivity index (χ0v) is 12.9. The average Bonchev–Trinajstić information content (AvgIpc) is 3.07. The molecule has 2 aliphatic carbocycles. The molecule has 0 amide bonds. The molecule has 1 aromatic rings. The van der Waals surface area contributed by atoms with E-state index in [1.54, 1.807) is 11.1 Å². The van der Waals surface area contributed by atoms with Crippen LogP contribution in [0.25, 0.3) is 0 Å². The molecular weight excluding hydrogens is 268 g/mol. The zero-order chi connectivity index (χ0) is 12.8. The second kappa shape index (κ2) is 5.67. The predicted octanol–water partition coefficient (Wildman–Crippen LogP) is 2.77. The maximum Gasteiger partial charge on any atom is 0.0234 e. The third-order valence-electron chi connectivity index (χ3n) is 5.56. The van der Waals surface area contributed by atoms with Gasteiger partial charge in [0.1, 0.15) is 0 Å². The first kappa shape index (κ1) is 14.4. The van der Waals surface area contributed by atoms with E-state index in [1.807, 2.05) is 0 Å². The van der Waals surface area contributed by atoms with Gasteiger partial charge in [0, 0.05) is 25.7 Å². The van der Waals surface area contributed by atoms with E-state index in [-0.39, 0.29) is 12.4 Å². The van der Waals surface area contributed by atoms with Gasteiger partial charge in [-0.2, -0.15) is 0 Å². The van der Waals surface area contributed by atoms with Gasteiger partial charge >= 0.3 is 0 Å². The number of rotatable bonds is 2. The Kier molecular flexibility index (Phi) is 4.07. The molecule has 1 aliphatic heterocycles. The Hall–Kier alpha value is -0.570. The second-order valence-electron chi connectivity index (χ2n) is 6.82. The van der Waals surface area contributed by atoms with Crippen molar-refractivity contribution in [1.29, 1.82) is 0 Å². The number of benzene rings is 1. The molecule has 3 aliphatic rings. The van der Waals surface area contributed by atoms with E-state index >= 15 is 0 Å². The van der Waals surface area contributed by atoms with Crippen molar-refractivity contribution in [2.24, 2.45) is 17.6 Å². The Morgan fingerprint density at radius 2 is 1.95 bits per heavy atom. The highest BCUT2D eigenvalue weighted by atomic mass is 35.5. The van der Waals surface area contributed by atoms with Gasteiger partial charge < -0.3 is 5.73 Å². The number of fused-ring (bicyclic) bond motifs is 2. The lowest BCUT2D eigenvalue weighted by Crippen LogP contribution is -2.30. The van der Waals surface area contributed by atoms with Gasteiger partial charge in [-0.3, -0.25) is 4.90 Å². The fourth-order valence-electron chi connectivity index (χ4n) is 4.51. The minimum absolute atomic E-state index is 0. The molecule has 1 saturated heterocycles. The van der Waals surface area contributed by atoms with Crippen molar-refractivity contribution < 1.29 is 0 Å². The largest absolute Gasteiger partial charge is 0.327 e. The van der Waals surface area contributed by atoms with Crippen LogP contribution in [0.2, 0.25) is 0 Å². The van der Waals surface area contributed by atoms with Gasteiger partial charge in [-0.05, 0) is 60.6 Å². The van der Waals surface area contributed by atoms with Crippen LogP contribution in [0.15, 0.2) is 18.2 Å². The molecule has 2 fully saturated rings. The van der Waals surface area contributed by atoms with Crippen LogP contribution in [0.3, 0.4) is 0 Å². The van der Waals surface area contributed by atoms with Gasteiger partial charge in [-0.15, -0.1) is 12.4 Å². The Morgan fingerprint density at radius 3 is 2.80 bits per heavy atom.